The van der Waals surface area contributed by atoms with Crippen molar-refractivity contribution in [1.29, 1.82) is 0 Å². The van der Waals surface area contributed by atoms with Gasteiger partial charge in [-0.3, -0.25) is 19.5 Å². The molecule has 1 amide bonds. The molecule has 1 N–H and O–H groups in total. The van der Waals surface area contributed by atoms with E-state index in [0.29, 0.717) is 35.1 Å². The van der Waals surface area contributed by atoms with E-state index in [9.17, 15) is 14.7 Å². The molecule has 2 aromatic carbocycles. The van der Waals surface area contributed by atoms with E-state index < -0.39 is 17.7 Å². The lowest BCUT2D eigenvalue weighted by Gasteiger charge is -2.25. The van der Waals surface area contributed by atoms with E-state index in [1.54, 1.807) is 60.9 Å². The van der Waals surface area contributed by atoms with Crippen LogP contribution in [-0.2, 0) is 9.59 Å². The average molecular weight is 443 g/mol. The minimum absolute atomic E-state index is 0.0441. The standard InChI is InChI=1S/C27H26N2O4/c1-17(2)16-33-22-10-6-20(7-11-22)25(30)23-24(19-12-14-28-15-13-19)29(27(32)26(23)31)21-8-4-18(3)5-9-21/h4-15,17,24,30H,16H2,1-3H3/b25-23-. The van der Waals surface area contributed by atoms with Crippen molar-refractivity contribution in [2.24, 2.45) is 5.92 Å². The lowest BCUT2D eigenvalue weighted by Crippen LogP contribution is -2.29. The molecule has 1 unspecified atom stereocenters. The van der Waals surface area contributed by atoms with Gasteiger partial charge in [0.2, 0.25) is 0 Å². The number of rotatable bonds is 6. The Balaban J connectivity index is 1.79. The van der Waals surface area contributed by atoms with Gasteiger partial charge in [0.25, 0.3) is 11.7 Å². The van der Waals surface area contributed by atoms with Gasteiger partial charge in [0.1, 0.15) is 11.5 Å². The third-order valence-electron chi connectivity index (χ3n) is 5.49. The molecule has 0 aliphatic carbocycles. The molecule has 2 heterocycles. The van der Waals surface area contributed by atoms with Crippen molar-refractivity contribution < 1.29 is 19.4 Å². The highest BCUT2D eigenvalue weighted by Crippen LogP contribution is 2.42. The summed E-state index contributed by atoms with van der Waals surface area (Å²) in [5.74, 6) is -0.573. The molecule has 3 aromatic rings. The summed E-state index contributed by atoms with van der Waals surface area (Å²) < 4.78 is 5.71. The van der Waals surface area contributed by atoms with Gasteiger partial charge < -0.3 is 9.84 Å². The fourth-order valence-corrected chi connectivity index (χ4v) is 3.79. The second-order valence-electron chi connectivity index (χ2n) is 8.51. The molecule has 33 heavy (non-hydrogen) atoms. The van der Waals surface area contributed by atoms with Crippen LogP contribution in [-0.4, -0.2) is 28.4 Å². The highest BCUT2D eigenvalue weighted by atomic mass is 16.5. The number of anilines is 1. The number of benzene rings is 2. The molecule has 168 valence electrons. The number of aromatic nitrogens is 1. The van der Waals surface area contributed by atoms with Gasteiger partial charge in [0.15, 0.2) is 0 Å². The number of pyridine rings is 1. The highest BCUT2D eigenvalue weighted by Gasteiger charge is 2.46. The zero-order chi connectivity index (χ0) is 23.5. The Morgan fingerprint density at radius 3 is 2.24 bits per heavy atom. The molecule has 1 aliphatic heterocycles. The molecule has 1 aliphatic rings. The number of Topliss-reactive ketones (excluding diaryl/α,β-unsaturated/α-hetero) is 1. The fourth-order valence-electron chi connectivity index (χ4n) is 3.79. The van der Waals surface area contributed by atoms with Crippen molar-refractivity contribution in [2.75, 3.05) is 11.5 Å². The first-order valence-corrected chi connectivity index (χ1v) is 10.9. The third-order valence-corrected chi connectivity index (χ3v) is 5.49. The zero-order valence-corrected chi connectivity index (χ0v) is 18.9. The monoisotopic (exact) mass is 442 g/mol. The number of ketones is 1. The molecule has 6 nitrogen and oxygen atoms in total. The van der Waals surface area contributed by atoms with Crippen molar-refractivity contribution in [3.63, 3.8) is 0 Å². The number of aliphatic hydroxyl groups is 1. The van der Waals surface area contributed by atoms with Crippen LogP contribution in [0.1, 0.15) is 36.6 Å². The summed E-state index contributed by atoms with van der Waals surface area (Å²) in [4.78, 5) is 31.8. The quantitative estimate of drug-likeness (QED) is 0.328. The molecular formula is C27H26N2O4. The van der Waals surface area contributed by atoms with E-state index in [2.05, 4.69) is 18.8 Å². The topological polar surface area (TPSA) is 79.7 Å². The van der Waals surface area contributed by atoms with Gasteiger partial charge in [0, 0.05) is 23.6 Å². The van der Waals surface area contributed by atoms with Gasteiger partial charge in [-0.1, -0.05) is 31.5 Å². The van der Waals surface area contributed by atoms with E-state index in [-0.39, 0.29) is 11.3 Å². The Bertz CT molecular complexity index is 1180. The molecule has 0 saturated carbocycles. The number of nitrogens with zero attached hydrogens (tertiary/aromatic N) is 2. The molecule has 1 atom stereocenters. The molecule has 4 rings (SSSR count). The van der Waals surface area contributed by atoms with Crippen molar-refractivity contribution in [1.82, 2.24) is 4.98 Å². The number of amides is 1. The molecule has 1 aromatic heterocycles. The summed E-state index contributed by atoms with van der Waals surface area (Å²) in [5.41, 5.74) is 2.79. The Hall–Kier alpha value is -3.93. The van der Waals surface area contributed by atoms with Crippen LogP contribution >= 0.6 is 0 Å². The largest absolute Gasteiger partial charge is 0.507 e. The normalized spacial score (nSPS) is 17.6. The van der Waals surface area contributed by atoms with E-state index in [1.165, 1.54) is 4.90 Å². The van der Waals surface area contributed by atoms with Gasteiger partial charge in [0.05, 0.1) is 18.2 Å². The maximum Gasteiger partial charge on any atom is 0.300 e. The zero-order valence-electron chi connectivity index (χ0n) is 18.9. The molecule has 1 saturated heterocycles. The number of aliphatic hydroxyl groups excluding tert-OH is 1. The minimum Gasteiger partial charge on any atom is -0.507 e. The van der Waals surface area contributed by atoms with E-state index in [0.717, 1.165) is 5.56 Å². The van der Waals surface area contributed by atoms with Gasteiger partial charge in [-0.2, -0.15) is 0 Å². The lowest BCUT2D eigenvalue weighted by atomic mass is 9.95. The Morgan fingerprint density at radius 1 is 1.00 bits per heavy atom. The van der Waals surface area contributed by atoms with Crippen LogP contribution in [0.2, 0.25) is 0 Å². The van der Waals surface area contributed by atoms with Crippen LogP contribution in [0, 0.1) is 12.8 Å². The first-order valence-electron chi connectivity index (χ1n) is 10.9. The van der Waals surface area contributed by atoms with Gasteiger partial charge >= 0.3 is 0 Å². The van der Waals surface area contributed by atoms with Gasteiger partial charge in [-0.15, -0.1) is 0 Å². The van der Waals surface area contributed by atoms with Crippen LogP contribution in [0.15, 0.2) is 78.6 Å². The predicted octanol–water partition coefficient (Wildman–Crippen LogP) is 5.05. The van der Waals surface area contributed by atoms with Crippen LogP contribution in [0.3, 0.4) is 0 Å². The lowest BCUT2D eigenvalue weighted by molar-refractivity contribution is -0.132. The molecule has 0 bridgehead atoms. The third kappa shape index (κ3) is 4.51. The smallest absolute Gasteiger partial charge is 0.300 e. The first kappa shape index (κ1) is 22.3. The van der Waals surface area contributed by atoms with Crippen LogP contribution in [0.25, 0.3) is 5.76 Å². The molecule has 0 radical (unpaired) electrons. The minimum atomic E-state index is -0.771. The van der Waals surface area contributed by atoms with Crippen molar-refractivity contribution in [2.45, 2.75) is 26.8 Å². The summed E-state index contributed by atoms with van der Waals surface area (Å²) in [6, 6.07) is 17.0. The van der Waals surface area contributed by atoms with Crippen molar-refractivity contribution >= 4 is 23.1 Å². The number of ether oxygens (including phenoxy) is 1. The van der Waals surface area contributed by atoms with Crippen LogP contribution < -0.4 is 9.64 Å². The number of hydrogen-bond acceptors (Lipinski definition) is 5. The Kier molecular flexibility index (Phi) is 6.27. The molecule has 6 heteroatoms. The molecular weight excluding hydrogens is 416 g/mol. The van der Waals surface area contributed by atoms with Gasteiger partial charge in [-0.05, 0) is 66.9 Å². The van der Waals surface area contributed by atoms with Crippen molar-refractivity contribution in [3.8, 4) is 5.75 Å². The van der Waals surface area contributed by atoms with Crippen LogP contribution in [0.4, 0.5) is 5.69 Å². The first-order chi connectivity index (χ1) is 15.9. The van der Waals surface area contributed by atoms with Crippen molar-refractivity contribution in [3.05, 3.63) is 95.3 Å². The Labute approximate surface area is 193 Å². The summed E-state index contributed by atoms with van der Waals surface area (Å²) in [7, 11) is 0. The maximum atomic E-state index is 13.1. The van der Waals surface area contributed by atoms with E-state index >= 15 is 0 Å². The second kappa shape index (κ2) is 9.28. The Morgan fingerprint density at radius 2 is 1.64 bits per heavy atom. The summed E-state index contributed by atoms with van der Waals surface area (Å²) >= 11 is 0. The SMILES string of the molecule is Cc1ccc(N2C(=O)C(=O)/C(=C(\O)c3ccc(OCC(C)C)cc3)C2c2ccncc2)cc1. The summed E-state index contributed by atoms with van der Waals surface area (Å²) in [6.07, 6.45) is 3.21. The van der Waals surface area contributed by atoms with Gasteiger partial charge in [-0.25, -0.2) is 0 Å². The summed E-state index contributed by atoms with van der Waals surface area (Å²) in [6.45, 7) is 6.65. The highest BCUT2D eigenvalue weighted by molar-refractivity contribution is 6.51. The maximum absolute atomic E-state index is 13.1. The number of hydrogen-bond donors (Lipinski definition) is 1. The van der Waals surface area contributed by atoms with Crippen LogP contribution in [0.5, 0.6) is 5.75 Å². The second-order valence-corrected chi connectivity index (χ2v) is 8.51. The average Bonchev–Trinajstić information content (AvgIpc) is 3.09. The molecule has 1 fully saturated rings. The number of carbonyl (C=O) groups is 2. The summed E-state index contributed by atoms with van der Waals surface area (Å²) in [5, 5.41) is 11.2. The van der Waals surface area contributed by atoms with E-state index in [4.69, 9.17) is 4.74 Å². The predicted molar refractivity (Wildman–Crippen MR) is 127 cm³/mol. The number of aryl methyl sites for hydroxylation is 1. The fraction of sp³-hybridized carbons (Fsp3) is 0.222. The van der Waals surface area contributed by atoms with E-state index in [1.807, 2.05) is 19.1 Å². The number of carbonyl (C=O) groups excluding carboxylic acids is 2. The molecule has 0 spiro atoms.